The molecule has 0 unspecified atom stereocenters. The van der Waals surface area contributed by atoms with Crippen molar-refractivity contribution in [2.24, 2.45) is 0 Å². The van der Waals surface area contributed by atoms with Gasteiger partial charge in [0.1, 0.15) is 12.0 Å². The molecule has 2 amide bonds. The molecule has 8 nitrogen and oxygen atoms in total. The molecule has 1 aromatic heterocycles. The van der Waals surface area contributed by atoms with Crippen LogP contribution in [0.1, 0.15) is 35.9 Å². The summed E-state index contributed by atoms with van der Waals surface area (Å²) in [6.07, 6.45) is 1.62. The lowest BCUT2D eigenvalue weighted by atomic mass is 10.1. The first-order chi connectivity index (χ1) is 14.4. The van der Waals surface area contributed by atoms with E-state index >= 15 is 0 Å². The predicted molar refractivity (Wildman–Crippen MR) is 114 cm³/mol. The highest BCUT2D eigenvalue weighted by Gasteiger charge is 2.30. The van der Waals surface area contributed by atoms with Crippen LogP contribution in [0.3, 0.4) is 0 Å². The van der Waals surface area contributed by atoms with E-state index in [9.17, 15) is 9.59 Å². The minimum atomic E-state index is -0.319. The zero-order valence-corrected chi connectivity index (χ0v) is 17.5. The normalized spacial score (nSPS) is 24.2. The van der Waals surface area contributed by atoms with Crippen molar-refractivity contribution in [2.45, 2.75) is 32.2 Å². The molecule has 3 atom stereocenters. The van der Waals surface area contributed by atoms with Gasteiger partial charge in [-0.3, -0.25) is 14.5 Å². The first-order valence-corrected chi connectivity index (χ1v) is 10.2. The number of benzene rings is 1. The molecule has 0 spiro atoms. The molecule has 0 radical (unpaired) electrons. The summed E-state index contributed by atoms with van der Waals surface area (Å²) in [7, 11) is 1.90. The van der Waals surface area contributed by atoms with E-state index in [0.717, 1.165) is 24.3 Å². The SMILES string of the molecule is C[C@@H]1CN(CC(=O)Nc2ccc([C@H]3NC(=O)c4cccnc4N3C)cc2)C[C@H](C)O1. The van der Waals surface area contributed by atoms with Gasteiger partial charge in [-0.25, -0.2) is 4.98 Å². The highest BCUT2D eigenvalue weighted by atomic mass is 16.5. The van der Waals surface area contributed by atoms with Gasteiger partial charge in [0.15, 0.2) is 0 Å². The van der Waals surface area contributed by atoms with E-state index in [1.807, 2.05) is 50.1 Å². The fourth-order valence-electron chi connectivity index (χ4n) is 4.15. The van der Waals surface area contributed by atoms with Crippen LogP contribution in [-0.4, -0.2) is 60.6 Å². The largest absolute Gasteiger partial charge is 0.373 e. The number of fused-ring (bicyclic) bond motifs is 1. The molecule has 1 fully saturated rings. The van der Waals surface area contributed by atoms with Crippen LogP contribution in [-0.2, 0) is 9.53 Å². The summed E-state index contributed by atoms with van der Waals surface area (Å²) in [6.45, 7) is 5.88. The van der Waals surface area contributed by atoms with Crippen LogP contribution < -0.4 is 15.5 Å². The number of aromatic nitrogens is 1. The van der Waals surface area contributed by atoms with Gasteiger partial charge in [0.2, 0.25) is 5.91 Å². The summed E-state index contributed by atoms with van der Waals surface area (Å²) in [5.41, 5.74) is 2.20. The number of amides is 2. The monoisotopic (exact) mass is 409 g/mol. The van der Waals surface area contributed by atoms with Gasteiger partial charge in [-0.15, -0.1) is 0 Å². The fourth-order valence-corrected chi connectivity index (χ4v) is 4.15. The maximum Gasteiger partial charge on any atom is 0.256 e. The fraction of sp³-hybridized carbons (Fsp3) is 0.409. The van der Waals surface area contributed by atoms with Crippen molar-refractivity contribution in [2.75, 3.05) is 36.9 Å². The molecule has 2 aromatic rings. The zero-order valence-electron chi connectivity index (χ0n) is 17.5. The quantitative estimate of drug-likeness (QED) is 0.803. The number of hydrogen-bond acceptors (Lipinski definition) is 6. The van der Waals surface area contributed by atoms with Crippen LogP contribution in [0.5, 0.6) is 0 Å². The Hall–Kier alpha value is -2.97. The van der Waals surface area contributed by atoms with Crippen molar-refractivity contribution in [1.29, 1.82) is 0 Å². The maximum atomic E-state index is 12.4. The Bertz CT molecular complexity index is 923. The van der Waals surface area contributed by atoms with E-state index in [1.54, 1.807) is 18.3 Å². The van der Waals surface area contributed by atoms with E-state index in [1.165, 1.54) is 0 Å². The third-order valence-electron chi connectivity index (χ3n) is 5.39. The maximum absolute atomic E-state index is 12.4. The van der Waals surface area contributed by atoms with Gasteiger partial charge in [0.05, 0.1) is 24.3 Å². The lowest BCUT2D eigenvalue weighted by Gasteiger charge is -2.35. The number of carbonyl (C=O) groups excluding carboxylic acids is 2. The number of nitrogens with one attached hydrogen (secondary N) is 2. The second kappa shape index (κ2) is 8.41. The Morgan fingerprint density at radius 2 is 1.90 bits per heavy atom. The van der Waals surface area contributed by atoms with E-state index in [2.05, 4.69) is 20.5 Å². The minimum Gasteiger partial charge on any atom is -0.373 e. The predicted octanol–water partition coefficient (Wildman–Crippen LogP) is 2.01. The van der Waals surface area contributed by atoms with E-state index in [4.69, 9.17) is 4.74 Å². The highest BCUT2D eigenvalue weighted by molar-refractivity contribution is 6.01. The number of pyridine rings is 1. The smallest absolute Gasteiger partial charge is 0.256 e. The molecular weight excluding hydrogens is 382 g/mol. The van der Waals surface area contributed by atoms with Crippen molar-refractivity contribution < 1.29 is 14.3 Å². The average Bonchev–Trinajstić information content (AvgIpc) is 2.70. The number of carbonyl (C=O) groups is 2. The zero-order chi connectivity index (χ0) is 21.3. The van der Waals surface area contributed by atoms with Crippen molar-refractivity contribution in [3.05, 3.63) is 53.7 Å². The number of hydrogen-bond donors (Lipinski definition) is 2. The number of morpholine rings is 1. The topological polar surface area (TPSA) is 86.8 Å². The second-order valence-corrected chi connectivity index (χ2v) is 7.98. The summed E-state index contributed by atoms with van der Waals surface area (Å²) >= 11 is 0. The van der Waals surface area contributed by atoms with Gasteiger partial charge in [0, 0.05) is 32.0 Å². The summed E-state index contributed by atoms with van der Waals surface area (Å²) in [5.74, 6) is 0.454. The molecule has 2 N–H and O–H groups in total. The van der Waals surface area contributed by atoms with Gasteiger partial charge in [-0.2, -0.15) is 0 Å². The van der Waals surface area contributed by atoms with E-state index < -0.39 is 0 Å². The van der Waals surface area contributed by atoms with Crippen LogP contribution in [0.25, 0.3) is 0 Å². The van der Waals surface area contributed by atoms with Gasteiger partial charge in [-0.1, -0.05) is 12.1 Å². The Morgan fingerprint density at radius 1 is 1.20 bits per heavy atom. The first-order valence-electron chi connectivity index (χ1n) is 10.2. The molecule has 30 heavy (non-hydrogen) atoms. The van der Waals surface area contributed by atoms with Gasteiger partial charge in [-0.05, 0) is 43.7 Å². The van der Waals surface area contributed by atoms with Crippen LogP contribution in [0.4, 0.5) is 11.5 Å². The first kappa shape index (κ1) is 20.3. The standard InChI is InChI=1S/C22H27N5O3/c1-14-11-27(12-15(2)30-14)13-19(28)24-17-8-6-16(7-9-17)20-25-22(29)18-5-4-10-23-21(18)26(20)3/h4-10,14-15,20H,11-13H2,1-3H3,(H,24,28)(H,25,29)/t14-,15+,20-/m0/s1. The molecule has 158 valence electrons. The molecule has 0 aliphatic carbocycles. The van der Waals surface area contributed by atoms with Gasteiger partial charge in [0.25, 0.3) is 5.91 Å². The van der Waals surface area contributed by atoms with Crippen molar-refractivity contribution in [3.8, 4) is 0 Å². The Kier molecular flexibility index (Phi) is 5.69. The molecule has 2 aliphatic rings. The molecule has 0 bridgehead atoms. The summed E-state index contributed by atoms with van der Waals surface area (Å²) in [5, 5.41) is 5.95. The molecule has 0 saturated carbocycles. The number of nitrogens with zero attached hydrogens (tertiary/aromatic N) is 3. The van der Waals surface area contributed by atoms with Crippen LogP contribution >= 0.6 is 0 Å². The van der Waals surface area contributed by atoms with Crippen LogP contribution in [0.2, 0.25) is 0 Å². The molecule has 8 heteroatoms. The lowest BCUT2D eigenvalue weighted by molar-refractivity contribution is -0.121. The Balaban J connectivity index is 1.40. The molecule has 2 aliphatic heterocycles. The third kappa shape index (κ3) is 4.29. The van der Waals surface area contributed by atoms with Crippen LogP contribution in [0.15, 0.2) is 42.6 Å². The van der Waals surface area contributed by atoms with Crippen molar-refractivity contribution in [1.82, 2.24) is 15.2 Å². The number of anilines is 2. The number of rotatable bonds is 4. The van der Waals surface area contributed by atoms with Gasteiger partial charge < -0.3 is 20.3 Å². The minimum absolute atomic E-state index is 0.0507. The van der Waals surface area contributed by atoms with E-state index in [0.29, 0.717) is 17.9 Å². The Labute approximate surface area is 176 Å². The summed E-state index contributed by atoms with van der Waals surface area (Å²) in [6, 6.07) is 11.0. The highest BCUT2D eigenvalue weighted by Crippen LogP contribution is 2.30. The Morgan fingerprint density at radius 3 is 2.60 bits per heavy atom. The molecule has 1 saturated heterocycles. The molecular formula is C22H27N5O3. The molecule has 3 heterocycles. The summed E-state index contributed by atoms with van der Waals surface area (Å²) in [4.78, 5) is 33.3. The molecule has 1 aromatic carbocycles. The lowest BCUT2D eigenvalue weighted by Crippen LogP contribution is -2.48. The van der Waals surface area contributed by atoms with Gasteiger partial charge >= 0.3 is 0 Å². The second-order valence-electron chi connectivity index (χ2n) is 7.98. The average molecular weight is 409 g/mol. The third-order valence-corrected chi connectivity index (χ3v) is 5.39. The van der Waals surface area contributed by atoms with Crippen molar-refractivity contribution in [3.63, 3.8) is 0 Å². The summed E-state index contributed by atoms with van der Waals surface area (Å²) < 4.78 is 5.71. The van der Waals surface area contributed by atoms with E-state index in [-0.39, 0.29) is 30.2 Å². The van der Waals surface area contributed by atoms with Crippen LogP contribution in [0, 0.1) is 0 Å². The molecule has 4 rings (SSSR count). The number of ether oxygens (including phenoxy) is 1. The van der Waals surface area contributed by atoms with Crippen molar-refractivity contribution >= 4 is 23.3 Å².